The number of carbonyl (C=O) groups is 3. The summed E-state index contributed by atoms with van der Waals surface area (Å²) in [4.78, 5) is 34.3. The van der Waals surface area contributed by atoms with E-state index >= 15 is 0 Å². The molecule has 1 aromatic heterocycles. The molecule has 1 aromatic rings. The number of fused-ring (bicyclic) bond motifs is 1. The van der Waals surface area contributed by atoms with E-state index in [9.17, 15) is 14.4 Å². The van der Waals surface area contributed by atoms with Gasteiger partial charge in [-0.3, -0.25) is 9.59 Å². The van der Waals surface area contributed by atoms with Gasteiger partial charge in [-0.25, -0.2) is 4.79 Å². The lowest BCUT2D eigenvalue weighted by Gasteiger charge is -2.03. The van der Waals surface area contributed by atoms with E-state index in [2.05, 4.69) is 5.32 Å². The van der Waals surface area contributed by atoms with Crippen LogP contribution >= 0.6 is 11.3 Å². The molecule has 0 saturated carbocycles. The van der Waals surface area contributed by atoms with Crippen LogP contribution in [0, 0.1) is 0 Å². The molecule has 4 N–H and O–H groups in total. The van der Waals surface area contributed by atoms with E-state index in [4.69, 9.17) is 10.8 Å². The molecule has 2 amide bonds. The van der Waals surface area contributed by atoms with Crippen LogP contribution in [0.3, 0.4) is 0 Å². The predicted octanol–water partition coefficient (Wildman–Crippen LogP) is 0.915. The zero-order valence-corrected chi connectivity index (χ0v) is 10.8. The van der Waals surface area contributed by atoms with Crippen molar-refractivity contribution in [2.45, 2.75) is 19.3 Å². The van der Waals surface area contributed by atoms with Crippen molar-refractivity contribution in [2.75, 3.05) is 5.32 Å². The number of rotatable bonds is 4. The van der Waals surface area contributed by atoms with Crippen molar-refractivity contribution in [3.63, 3.8) is 0 Å². The number of hydrogen-bond donors (Lipinski definition) is 3. The van der Waals surface area contributed by atoms with Crippen molar-refractivity contribution < 1.29 is 19.5 Å². The first-order valence-corrected chi connectivity index (χ1v) is 6.47. The monoisotopic (exact) mass is 280 g/mol. The second-order valence-corrected chi connectivity index (χ2v) is 5.19. The molecule has 0 radical (unpaired) electrons. The quantitative estimate of drug-likeness (QED) is 0.712. The van der Waals surface area contributed by atoms with Crippen molar-refractivity contribution in [3.05, 3.63) is 28.2 Å². The van der Waals surface area contributed by atoms with Gasteiger partial charge in [-0.15, -0.1) is 11.3 Å². The first kappa shape index (κ1) is 13.3. The summed E-state index contributed by atoms with van der Waals surface area (Å²) in [6.45, 7) is 0. The van der Waals surface area contributed by atoms with Gasteiger partial charge in [-0.1, -0.05) is 0 Å². The number of thiophene rings is 1. The first-order valence-electron chi connectivity index (χ1n) is 5.65. The summed E-state index contributed by atoms with van der Waals surface area (Å²) in [5, 5.41) is 11.3. The number of carboxylic acids is 1. The molecule has 19 heavy (non-hydrogen) atoms. The molecule has 100 valence electrons. The van der Waals surface area contributed by atoms with Gasteiger partial charge in [-0.2, -0.15) is 0 Å². The van der Waals surface area contributed by atoms with Gasteiger partial charge >= 0.3 is 5.97 Å². The molecule has 0 atom stereocenters. The summed E-state index contributed by atoms with van der Waals surface area (Å²) < 4.78 is 0. The summed E-state index contributed by atoms with van der Waals surface area (Å²) >= 11 is 1.33. The molecular formula is C12H12N2O4S. The second kappa shape index (κ2) is 5.23. The molecule has 0 spiro atoms. The zero-order chi connectivity index (χ0) is 14.0. The third-order valence-electron chi connectivity index (χ3n) is 2.78. The van der Waals surface area contributed by atoms with Crippen LogP contribution < -0.4 is 11.1 Å². The Kier molecular flexibility index (Phi) is 3.66. The molecule has 0 saturated heterocycles. The van der Waals surface area contributed by atoms with Gasteiger partial charge in [0.05, 0.1) is 5.56 Å². The lowest BCUT2D eigenvalue weighted by atomic mass is 10.1. The van der Waals surface area contributed by atoms with Gasteiger partial charge in [0.15, 0.2) is 0 Å². The van der Waals surface area contributed by atoms with Gasteiger partial charge in [0.1, 0.15) is 5.00 Å². The fourth-order valence-corrected chi connectivity index (χ4v) is 3.35. The van der Waals surface area contributed by atoms with E-state index in [1.54, 1.807) is 0 Å². The summed E-state index contributed by atoms with van der Waals surface area (Å²) in [5.74, 6) is -2.37. The number of amides is 2. The number of hydrogen-bond acceptors (Lipinski definition) is 4. The lowest BCUT2D eigenvalue weighted by Crippen LogP contribution is -2.16. The Balaban J connectivity index is 2.24. The van der Waals surface area contributed by atoms with Crippen molar-refractivity contribution in [1.29, 1.82) is 0 Å². The minimum atomic E-state index is -1.21. The SMILES string of the molecule is NC(=O)c1c(NC(=O)/C=C\C(=O)O)sc2c1CCC2. The molecule has 0 aromatic carbocycles. The van der Waals surface area contributed by atoms with Crippen LogP contribution in [0.15, 0.2) is 12.2 Å². The number of carboxylic acid groups (broad SMARTS) is 1. The third kappa shape index (κ3) is 2.82. The largest absolute Gasteiger partial charge is 0.478 e. The molecule has 0 fully saturated rings. The molecule has 0 unspecified atom stereocenters. The summed E-state index contributed by atoms with van der Waals surface area (Å²) in [6.07, 6.45) is 4.28. The standard InChI is InChI=1S/C12H12N2O4S/c13-11(18)10-6-2-1-3-7(6)19-12(10)14-8(15)4-5-9(16)17/h4-5H,1-3H2,(H2,13,18)(H,14,15)(H,16,17)/b5-4-. The van der Waals surface area contributed by atoms with Crippen molar-refractivity contribution in [3.8, 4) is 0 Å². The maximum atomic E-state index is 11.5. The number of carbonyl (C=O) groups excluding carboxylic acids is 2. The van der Waals surface area contributed by atoms with E-state index in [1.165, 1.54) is 11.3 Å². The average molecular weight is 280 g/mol. The van der Waals surface area contributed by atoms with Gasteiger partial charge in [0.2, 0.25) is 5.91 Å². The first-order chi connectivity index (χ1) is 8.99. The van der Waals surface area contributed by atoms with Crippen LogP contribution in [0.4, 0.5) is 5.00 Å². The van der Waals surface area contributed by atoms with Gasteiger partial charge in [-0.05, 0) is 24.8 Å². The molecule has 1 aliphatic rings. The Morgan fingerprint density at radius 1 is 1.26 bits per heavy atom. The van der Waals surface area contributed by atoms with Gasteiger partial charge in [0.25, 0.3) is 5.91 Å². The number of nitrogens with two attached hydrogens (primary N) is 1. The molecule has 1 aliphatic carbocycles. The van der Waals surface area contributed by atoms with Crippen molar-refractivity contribution in [1.82, 2.24) is 0 Å². The van der Waals surface area contributed by atoms with Crippen molar-refractivity contribution >= 4 is 34.1 Å². The topological polar surface area (TPSA) is 109 Å². The van der Waals surface area contributed by atoms with E-state index < -0.39 is 17.8 Å². The van der Waals surface area contributed by atoms with E-state index in [0.717, 1.165) is 41.9 Å². The van der Waals surface area contributed by atoms with E-state index in [-0.39, 0.29) is 0 Å². The normalized spacial score (nSPS) is 13.5. The Morgan fingerprint density at radius 3 is 2.63 bits per heavy atom. The smallest absolute Gasteiger partial charge is 0.328 e. The molecule has 6 nitrogen and oxygen atoms in total. The van der Waals surface area contributed by atoms with Crippen LogP contribution in [-0.2, 0) is 22.4 Å². The van der Waals surface area contributed by atoms with E-state index in [1.807, 2.05) is 0 Å². The van der Waals surface area contributed by atoms with Crippen LogP contribution in [0.2, 0.25) is 0 Å². The Labute approximate surface area is 112 Å². The summed E-state index contributed by atoms with van der Waals surface area (Å²) in [7, 11) is 0. The molecule has 7 heteroatoms. The van der Waals surface area contributed by atoms with Crippen LogP contribution in [0.1, 0.15) is 27.2 Å². The highest BCUT2D eigenvalue weighted by molar-refractivity contribution is 7.17. The predicted molar refractivity (Wildman–Crippen MR) is 70.3 cm³/mol. The molecular weight excluding hydrogens is 268 g/mol. The molecule has 1 heterocycles. The zero-order valence-electron chi connectivity index (χ0n) is 9.93. The molecule has 0 aliphatic heterocycles. The number of primary amides is 1. The Morgan fingerprint density at radius 2 is 2.00 bits per heavy atom. The third-order valence-corrected chi connectivity index (χ3v) is 3.99. The fourth-order valence-electron chi connectivity index (χ4n) is 2.05. The van der Waals surface area contributed by atoms with Gasteiger partial charge in [0, 0.05) is 17.0 Å². The van der Waals surface area contributed by atoms with Crippen molar-refractivity contribution in [2.24, 2.45) is 5.73 Å². The Hall–Kier alpha value is -2.15. The lowest BCUT2D eigenvalue weighted by molar-refractivity contribution is -0.131. The highest BCUT2D eigenvalue weighted by atomic mass is 32.1. The highest BCUT2D eigenvalue weighted by Crippen LogP contribution is 2.38. The van der Waals surface area contributed by atoms with Crippen LogP contribution in [-0.4, -0.2) is 22.9 Å². The highest BCUT2D eigenvalue weighted by Gasteiger charge is 2.25. The van der Waals surface area contributed by atoms with Gasteiger partial charge < -0.3 is 16.2 Å². The molecule has 0 bridgehead atoms. The minimum Gasteiger partial charge on any atom is -0.478 e. The maximum Gasteiger partial charge on any atom is 0.328 e. The fraction of sp³-hybridized carbons (Fsp3) is 0.250. The summed E-state index contributed by atoms with van der Waals surface area (Å²) in [6, 6.07) is 0. The maximum absolute atomic E-state index is 11.5. The number of aryl methyl sites for hydroxylation is 1. The molecule has 2 rings (SSSR count). The van der Waals surface area contributed by atoms with Crippen LogP contribution in [0.25, 0.3) is 0 Å². The second-order valence-electron chi connectivity index (χ2n) is 4.09. The van der Waals surface area contributed by atoms with Crippen LogP contribution in [0.5, 0.6) is 0 Å². The number of nitrogens with one attached hydrogen (secondary N) is 1. The summed E-state index contributed by atoms with van der Waals surface area (Å²) in [5.41, 5.74) is 6.60. The average Bonchev–Trinajstić information content (AvgIpc) is 2.85. The minimum absolute atomic E-state index is 0.356. The Bertz CT molecular complexity index is 589. The number of aliphatic carboxylic acids is 1. The number of anilines is 1. The van der Waals surface area contributed by atoms with E-state index in [0.29, 0.717) is 10.6 Å².